The molecule has 0 fully saturated rings. The van der Waals surface area contributed by atoms with Gasteiger partial charge in [-0.25, -0.2) is 14.4 Å². The average molecular weight is 392 g/mol. The number of aromatic nitrogens is 2. The van der Waals surface area contributed by atoms with Crippen molar-refractivity contribution in [2.24, 2.45) is 0 Å². The van der Waals surface area contributed by atoms with Crippen molar-refractivity contribution >= 4 is 23.6 Å². The van der Waals surface area contributed by atoms with Gasteiger partial charge in [-0.1, -0.05) is 11.8 Å². The van der Waals surface area contributed by atoms with Gasteiger partial charge in [0.2, 0.25) is 5.91 Å². The number of hydrogen-bond acceptors (Lipinski definition) is 6. The summed E-state index contributed by atoms with van der Waals surface area (Å²) in [7, 11) is 0. The van der Waals surface area contributed by atoms with Crippen molar-refractivity contribution < 1.29 is 18.7 Å². The van der Waals surface area contributed by atoms with Crippen LogP contribution in [0.3, 0.4) is 0 Å². The number of thioether (sulfide) groups is 1. The van der Waals surface area contributed by atoms with Gasteiger partial charge >= 0.3 is 0 Å². The lowest BCUT2D eigenvalue weighted by molar-refractivity contribution is -0.130. The third kappa shape index (κ3) is 6.52. The molecule has 2 amide bonds. The van der Waals surface area contributed by atoms with Gasteiger partial charge in [-0.15, -0.1) is 0 Å². The van der Waals surface area contributed by atoms with Crippen LogP contribution in [0.1, 0.15) is 23.4 Å². The smallest absolute Gasteiger partial charge is 0.276 e. The Morgan fingerprint density at radius 1 is 1.07 bits per heavy atom. The first-order chi connectivity index (χ1) is 12.9. The molecule has 0 aliphatic rings. The summed E-state index contributed by atoms with van der Waals surface area (Å²) in [5.74, 6) is -0.888. The predicted octanol–water partition coefficient (Wildman–Crippen LogP) is 2.11. The van der Waals surface area contributed by atoms with Gasteiger partial charge in [0.1, 0.15) is 11.6 Å². The van der Waals surface area contributed by atoms with Crippen LogP contribution in [0.2, 0.25) is 0 Å². The standard InChI is InChI=1S/C18H21FN4O3S/c1-11-15(12(2)21-18(20-11)27-3)8-9-16(24)22-23-17(25)10-26-14-6-4-13(19)5-7-14/h4-7H,8-10H2,1-3H3,(H,22,24)(H,23,25). The first-order valence-electron chi connectivity index (χ1n) is 8.23. The second-order valence-electron chi connectivity index (χ2n) is 5.70. The molecule has 0 radical (unpaired) electrons. The van der Waals surface area contributed by atoms with E-state index in [-0.39, 0.29) is 18.9 Å². The van der Waals surface area contributed by atoms with E-state index < -0.39 is 11.7 Å². The van der Waals surface area contributed by atoms with Gasteiger partial charge in [0.25, 0.3) is 5.91 Å². The Labute approximate surface area is 161 Å². The Morgan fingerprint density at radius 2 is 1.67 bits per heavy atom. The monoisotopic (exact) mass is 392 g/mol. The van der Waals surface area contributed by atoms with Crippen molar-refractivity contribution in [1.82, 2.24) is 20.8 Å². The van der Waals surface area contributed by atoms with E-state index in [2.05, 4.69) is 20.8 Å². The Hall–Kier alpha value is -2.68. The molecule has 2 N–H and O–H groups in total. The fraction of sp³-hybridized carbons (Fsp3) is 0.333. The number of carbonyl (C=O) groups is 2. The molecule has 2 rings (SSSR count). The Bertz CT molecular complexity index is 792. The highest BCUT2D eigenvalue weighted by atomic mass is 32.2. The lowest BCUT2D eigenvalue weighted by Gasteiger charge is -2.11. The zero-order chi connectivity index (χ0) is 19.8. The molecule has 1 aromatic heterocycles. The molecule has 0 saturated carbocycles. The van der Waals surface area contributed by atoms with Crippen LogP contribution < -0.4 is 15.6 Å². The number of amides is 2. The fourth-order valence-corrected chi connectivity index (χ4v) is 2.77. The molecular formula is C18H21FN4O3S. The molecule has 0 saturated heterocycles. The molecule has 1 aromatic carbocycles. The van der Waals surface area contributed by atoms with Crippen molar-refractivity contribution in [3.05, 3.63) is 47.0 Å². The minimum atomic E-state index is -0.521. The van der Waals surface area contributed by atoms with Gasteiger partial charge in [0, 0.05) is 17.8 Å². The van der Waals surface area contributed by atoms with Crippen LogP contribution in [0, 0.1) is 19.7 Å². The molecule has 27 heavy (non-hydrogen) atoms. The van der Waals surface area contributed by atoms with Gasteiger partial charge in [0.15, 0.2) is 11.8 Å². The number of benzene rings is 1. The number of nitrogens with zero attached hydrogens (tertiary/aromatic N) is 2. The van der Waals surface area contributed by atoms with Crippen molar-refractivity contribution in [3.63, 3.8) is 0 Å². The topological polar surface area (TPSA) is 93.2 Å². The zero-order valence-corrected chi connectivity index (χ0v) is 16.2. The summed E-state index contributed by atoms with van der Waals surface area (Å²) in [5, 5.41) is 0.701. The van der Waals surface area contributed by atoms with Gasteiger partial charge in [0.05, 0.1) is 0 Å². The van der Waals surface area contributed by atoms with Gasteiger partial charge in [-0.3, -0.25) is 20.4 Å². The number of rotatable bonds is 7. The van der Waals surface area contributed by atoms with Crippen LogP contribution in [-0.4, -0.2) is 34.6 Å². The van der Waals surface area contributed by atoms with E-state index in [0.717, 1.165) is 17.0 Å². The maximum Gasteiger partial charge on any atom is 0.276 e. The molecule has 1 heterocycles. The number of ether oxygens (including phenoxy) is 1. The molecular weight excluding hydrogens is 371 g/mol. The van der Waals surface area contributed by atoms with Crippen molar-refractivity contribution in [3.8, 4) is 5.75 Å². The van der Waals surface area contributed by atoms with Crippen molar-refractivity contribution in [2.45, 2.75) is 31.8 Å². The van der Waals surface area contributed by atoms with E-state index >= 15 is 0 Å². The second-order valence-corrected chi connectivity index (χ2v) is 6.47. The molecule has 9 heteroatoms. The molecule has 0 aliphatic heterocycles. The zero-order valence-electron chi connectivity index (χ0n) is 15.3. The minimum Gasteiger partial charge on any atom is -0.484 e. The molecule has 0 bridgehead atoms. The molecule has 0 aliphatic carbocycles. The van der Waals surface area contributed by atoms with Crippen LogP contribution >= 0.6 is 11.8 Å². The van der Waals surface area contributed by atoms with E-state index in [9.17, 15) is 14.0 Å². The van der Waals surface area contributed by atoms with Crippen LogP contribution in [0.4, 0.5) is 4.39 Å². The number of hydrazine groups is 1. The first-order valence-corrected chi connectivity index (χ1v) is 9.45. The van der Waals surface area contributed by atoms with Crippen LogP contribution in [-0.2, 0) is 16.0 Å². The summed E-state index contributed by atoms with van der Waals surface area (Å²) in [4.78, 5) is 32.4. The van der Waals surface area contributed by atoms with Crippen LogP contribution in [0.15, 0.2) is 29.4 Å². The Balaban J connectivity index is 1.74. The van der Waals surface area contributed by atoms with E-state index in [1.54, 1.807) is 0 Å². The quantitative estimate of drug-likeness (QED) is 0.426. The lowest BCUT2D eigenvalue weighted by Crippen LogP contribution is -2.43. The van der Waals surface area contributed by atoms with Crippen LogP contribution in [0.25, 0.3) is 0 Å². The molecule has 0 spiro atoms. The summed E-state index contributed by atoms with van der Waals surface area (Å²) in [6.07, 6.45) is 2.56. The number of nitrogens with one attached hydrogen (secondary N) is 2. The third-order valence-corrected chi connectivity index (χ3v) is 4.26. The third-order valence-electron chi connectivity index (χ3n) is 3.71. The maximum atomic E-state index is 12.8. The van der Waals surface area contributed by atoms with Gasteiger partial charge in [-0.05, 0) is 56.4 Å². The minimum absolute atomic E-state index is 0.183. The van der Waals surface area contributed by atoms with Gasteiger partial charge in [-0.2, -0.15) is 0 Å². The highest BCUT2D eigenvalue weighted by Crippen LogP contribution is 2.17. The lowest BCUT2D eigenvalue weighted by atomic mass is 10.1. The van der Waals surface area contributed by atoms with Gasteiger partial charge < -0.3 is 4.74 Å². The summed E-state index contributed by atoms with van der Waals surface area (Å²) >= 11 is 1.47. The highest BCUT2D eigenvalue weighted by molar-refractivity contribution is 7.98. The Morgan fingerprint density at radius 3 is 2.26 bits per heavy atom. The average Bonchev–Trinajstić information content (AvgIpc) is 2.65. The summed E-state index contributed by atoms with van der Waals surface area (Å²) < 4.78 is 18.0. The SMILES string of the molecule is CSc1nc(C)c(CCC(=O)NNC(=O)COc2ccc(F)cc2)c(C)n1. The predicted molar refractivity (Wildman–Crippen MR) is 99.8 cm³/mol. The van der Waals surface area contributed by atoms with Crippen LogP contribution in [0.5, 0.6) is 5.75 Å². The maximum absolute atomic E-state index is 12.8. The molecule has 2 aromatic rings. The number of carbonyl (C=O) groups excluding carboxylic acids is 2. The molecule has 144 valence electrons. The molecule has 0 atom stereocenters. The van der Waals surface area contributed by atoms with E-state index in [0.29, 0.717) is 17.3 Å². The second kappa shape index (κ2) is 9.86. The molecule has 7 nitrogen and oxygen atoms in total. The summed E-state index contributed by atoms with van der Waals surface area (Å²) in [5.41, 5.74) is 7.22. The number of hydrogen-bond donors (Lipinski definition) is 2. The summed E-state index contributed by atoms with van der Waals surface area (Å²) in [6.45, 7) is 3.47. The normalized spacial score (nSPS) is 10.4. The highest BCUT2D eigenvalue weighted by Gasteiger charge is 2.11. The number of halogens is 1. The molecule has 0 unspecified atom stereocenters. The number of aryl methyl sites for hydroxylation is 2. The largest absolute Gasteiger partial charge is 0.484 e. The first kappa shape index (κ1) is 20.6. The van der Waals surface area contributed by atoms with Crippen molar-refractivity contribution in [1.29, 1.82) is 0 Å². The summed E-state index contributed by atoms with van der Waals surface area (Å²) in [6, 6.07) is 5.29. The Kier molecular flexibility index (Phi) is 7.54. The van der Waals surface area contributed by atoms with Crippen molar-refractivity contribution in [2.75, 3.05) is 12.9 Å². The van der Waals surface area contributed by atoms with E-state index in [1.165, 1.54) is 36.0 Å². The fourth-order valence-electron chi connectivity index (χ4n) is 2.32. The van der Waals surface area contributed by atoms with E-state index in [1.807, 2.05) is 20.1 Å². The van der Waals surface area contributed by atoms with E-state index in [4.69, 9.17) is 4.74 Å².